The maximum absolute atomic E-state index is 6.12. The van der Waals surface area contributed by atoms with Crippen LogP contribution >= 0.6 is 23.2 Å². The van der Waals surface area contributed by atoms with Gasteiger partial charge in [0.15, 0.2) is 5.82 Å². The van der Waals surface area contributed by atoms with Gasteiger partial charge in [-0.25, -0.2) is 0 Å². The van der Waals surface area contributed by atoms with Crippen molar-refractivity contribution in [1.29, 1.82) is 0 Å². The number of halogens is 2. The minimum Gasteiger partial charge on any atom is -0.394 e. The summed E-state index contributed by atoms with van der Waals surface area (Å²) in [5, 5.41) is 8.76. The van der Waals surface area contributed by atoms with Gasteiger partial charge < -0.3 is 11.1 Å². The molecule has 0 saturated carbocycles. The molecule has 0 amide bonds. The normalized spacial score (nSPS) is 11.1. The monoisotopic (exact) mass is 298 g/mol. The highest BCUT2D eigenvalue weighted by atomic mass is 35.5. The highest BCUT2D eigenvalue weighted by Gasteiger charge is 2.16. The van der Waals surface area contributed by atoms with E-state index in [9.17, 15) is 0 Å². The van der Waals surface area contributed by atoms with Gasteiger partial charge >= 0.3 is 0 Å². The van der Waals surface area contributed by atoms with Crippen molar-refractivity contribution in [2.75, 3.05) is 11.1 Å². The molecular weight excluding hydrogens is 283 g/mol. The number of aromatic nitrogens is 2. The Labute approximate surface area is 122 Å². The lowest BCUT2D eigenvalue weighted by Gasteiger charge is -2.09. The number of nitrogen functional groups attached to an aromatic ring is 1. The number of rotatable bonds is 3. The van der Waals surface area contributed by atoms with Crippen LogP contribution in [0.4, 0.5) is 17.2 Å². The number of nitrogens with two attached hydrogens (primary N) is 1. The highest BCUT2D eigenvalue weighted by molar-refractivity contribution is 6.35. The second-order valence-corrected chi connectivity index (χ2v) is 5.58. The van der Waals surface area contributed by atoms with Crippen molar-refractivity contribution in [2.45, 2.75) is 19.8 Å². The Morgan fingerprint density at radius 2 is 1.79 bits per heavy atom. The van der Waals surface area contributed by atoms with Crippen LogP contribution < -0.4 is 11.1 Å². The number of nitrogens with zero attached hydrogens (tertiary/aromatic N) is 2. The minimum absolute atomic E-state index is 0.268. The summed E-state index contributed by atoms with van der Waals surface area (Å²) >= 11 is 11.9. The van der Waals surface area contributed by atoms with Gasteiger partial charge in [-0.05, 0) is 24.1 Å². The molecule has 102 valence electrons. The van der Waals surface area contributed by atoms with Crippen LogP contribution in [0.2, 0.25) is 10.0 Å². The maximum Gasteiger partial charge on any atom is 0.152 e. The summed E-state index contributed by atoms with van der Waals surface area (Å²) in [6, 6.07) is 5.25. The zero-order chi connectivity index (χ0) is 14.2. The molecule has 0 fully saturated rings. The third-order valence-electron chi connectivity index (χ3n) is 2.78. The first kappa shape index (κ1) is 14.0. The van der Waals surface area contributed by atoms with Crippen LogP contribution in [-0.2, 0) is 7.05 Å². The fourth-order valence-corrected chi connectivity index (χ4v) is 2.42. The lowest BCUT2D eigenvalue weighted by Crippen LogP contribution is -2.01. The lowest BCUT2D eigenvalue weighted by atomic mass is 10.1. The Kier molecular flexibility index (Phi) is 3.92. The van der Waals surface area contributed by atoms with Crippen LogP contribution in [0.3, 0.4) is 0 Å². The van der Waals surface area contributed by atoms with E-state index >= 15 is 0 Å². The molecule has 1 aromatic carbocycles. The van der Waals surface area contributed by atoms with E-state index in [-0.39, 0.29) is 5.92 Å². The van der Waals surface area contributed by atoms with Crippen molar-refractivity contribution in [2.24, 2.45) is 7.05 Å². The average Bonchev–Trinajstić information content (AvgIpc) is 2.56. The van der Waals surface area contributed by atoms with Crippen LogP contribution in [0.15, 0.2) is 18.2 Å². The van der Waals surface area contributed by atoms with Crippen LogP contribution in [0.1, 0.15) is 25.5 Å². The highest BCUT2D eigenvalue weighted by Crippen LogP contribution is 2.31. The number of anilines is 3. The largest absolute Gasteiger partial charge is 0.394 e. The molecule has 0 radical (unpaired) electrons. The van der Waals surface area contributed by atoms with Gasteiger partial charge in [-0.2, -0.15) is 5.10 Å². The fourth-order valence-electron chi connectivity index (χ4n) is 1.90. The van der Waals surface area contributed by atoms with Crippen LogP contribution in [0, 0.1) is 0 Å². The molecule has 0 aliphatic rings. The van der Waals surface area contributed by atoms with Crippen molar-refractivity contribution >= 4 is 40.4 Å². The Balaban J connectivity index is 2.38. The number of hydrogen-bond acceptors (Lipinski definition) is 3. The molecular formula is C13H16Cl2N4. The van der Waals surface area contributed by atoms with E-state index in [0.717, 1.165) is 17.2 Å². The molecule has 0 aliphatic carbocycles. The summed E-state index contributed by atoms with van der Waals surface area (Å²) in [6.07, 6.45) is 0. The summed E-state index contributed by atoms with van der Waals surface area (Å²) in [4.78, 5) is 0. The molecule has 0 saturated heterocycles. The predicted molar refractivity (Wildman–Crippen MR) is 81.5 cm³/mol. The Hall–Kier alpha value is -1.39. The molecule has 0 aliphatic heterocycles. The summed E-state index contributed by atoms with van der Waals surface area (Å²) in [5.74, 6) is 1.01. The van der Waals surface area contributed by atoms with Crippen molar-refractivity contribution in [3.63, 3.8) is 0 Å². The summed E-state index contributed by atoms with van der Waals surface area (Å²) in [5.41, 5.74) is 8.42. The predicted octanol–water partition coefficient (Wildman–Crippen LogP) is 4.18. The lowest BCUT2D eigenvalue weighted by molar-refractivity contribution is 0.718. The van der Waals surface area contributed by atoms with Gasteiger partial charge in [0.25, 0.3) is 0 Å². The first-order chi connectivity index (χ1) is 8.88. The Morgan fingerprint density at radius 1 is 1.21 bits per heavy atom. The van der Waals surface area contributed by atoms with Crippen molar-refractivity contribution in [3.8, 4) is 0 Å². The molecule has 4 nitrogen and oxygen atoms in total. The van der Waals surface area contributed by atoms with Crippen LogP contribution in [-0.4, -0.2) is 9.78 Å². The third-order valence-corrected chi connectivity index (χ3v) is 3.22. The van der Waals surface area contributed by atoms with Gasteiger partial charge in [-0.15, -0.1) is 0 Å². The van der Waals surface area contributed by atoms with E-state index in [1.807, 2.05) is 7.05 Å². The standard InChI is InChI=1S/C13H16Cl2N4/c1-7(2)12-11(16)13(19(3)18-12)17-10-5-8(14)4-9(15)6-10/h4-7,17H,16H2,1-3H3. The molecule has 0 bridgehead atoms. The zero-order valence-electron chi connectivity index (χ0n) is 11.0. The molecule has 3 N–H and O–H groups in total. The second kappa shape index (κ2) is 5.31. The van der Waals surface area contributed by atoms with E-state index in [4.69, 9.17) is 28.9 Å². The summed E-state index contributed by atoms with van der Waals surface area (Å²) in [7, 11) is 1.84. The molecule has 6 heteroatoms. The Morgan fingerprint density at radius 3 is 2.26 bits per heavy atom. The molecule has 0 unspecified atom stereocenters. The molecule has 2 rings (SSSR count). The second-order valence-electron chi connectivity index (χ2n) is 4.71. The van der Waals surface area contributed by atoms with Gasteiger partial charge in [0, 0.05) is 22.8 Å². The van der Waals surface area contributed by atoms with E-state index < -0.39 is 0 Å². The van der Waals surface area contributed by atoms with Gasteiger partial charge in [0.1, 0.15) is 0 Å². The first-order valence-corrected chi connectivity index (χ1v) is 6.69. The number of benzene rings is 1. The van der Waals surface area contributed by atoms with E-state index in [1.54, 1.807) is 22.9 Å². The van der Waals surface area contributed by atoms with E-state index in [2.05, 4.69) is 24.3 Å². The van der Waals surface area contributed by atoms with Gasteiger partial charge in [0.05, 0.1) is 11.4 Å². The number of hydrogen-bond donors (Lipinski definition) is 2. The third kappa shape index (κ3) is 2.96. The first-order valence-electron chi connectivity index (χ1n) is 5.94. The quantitative estimate of drug-likeness (QED) is 0.894. The van der Waals surface area contributed by atoms with Crippen LogP contribution in [0.25, 0.3) is 0 Å². The van der Waals surface area contributed by atoms with Crippen molar-refractivity contribution in [1.82, 2.24) is 9.78 Å². The number of nitrogens with one attached hydrogen (secondary N) is 1. The van der Waals surface area contributed by atoms with Gasteiger partial charge in [-0.1, -0.05) is 37.0 Å². The molecule has 1 heterocycles. The molecule has 2 aromatic rings. The molecule has 19 heavy (non-hydrogen) atoms. The van der Waals surface area contributed by atoms with E-state index in [0.29, 0.717) is 15.7 Å². The average molecular weight is 299 g/mol. The molecule has 0 atom stereocenters. The van der Waals surface area contributed by atoms with Gasteiger partial charge in [0.2, 0.25) is 0 Å². The smallest absolute Gasteiger partial charge is 0.152 e. The zero-order valence-corrected chi connectivity index (χ0v) is 12.5. The van der Waals surface area contributed by atoms with Crippen LogP contribution in [0.5, 0.6) is 0 Å². The minimum atomic E-state index is 0.268. The molecule has 0 spiro atoms. The van der Waals surface area contributed by atoms with E-state index in [1.165, 1.54) is 0 Å². The maximum atomic E-state index is 6.12. The topological polar surface area (TPSA) is 55.9 Å². The SMILES string of the molecule is CC(C)c1nn(C)c(Nc2cc(Cl)cc(Cl)c2)c1N. The number of aryl methyl sites for hydroxylation is 1. The van der Waals surface area contributed by atoms with Crippen molar-refractivity contribution in [3.05, 3.63) is 33.9 Å². The van der Waals surface area contributed by atoms with Gasteiger partial charge in [-0.3, -0.25) is 4.68 Å². The Bertz CT molecular complexity index is 585. The van der Waals surface area contributed by atoms with Crippen molar-refractivity contribution < 1.29 is 0 Å². The molecule has 1 aromatic heterocycles. The summed E-state index contributed by atoms with van der Waals surface area (Å²) in [6.45, 7) is 4.11. The fraction of sp³-hybridized carbons (Fsp3) is 0.308. The summed E-state index contributed by atoms with van der Waals surface area (Å²) < 4.78 is 1.72.